The summed E-state index contributed by atoms with van der Waals surface area (Å²) in [6, 6.07) is 11.1. The number of fused-ring (bicyclic) bond motifs is 3. The van der Waals surface area contributed by atoms with Gasteiger partial charge in [-0.25, -0.2) is 4.79 Å². The average Bonchev–Trinajstić information content (AvgIpc) is 3.19. The minimum Gasteiger partial charge on any atom is -0.480 e. The molecule has 2 aromatic carbocycles. The van der Waals surface area contributed by atoms with Gasteiger partial charge < -0.3 is 21.1 Å². The van der Waals surface area contributed by atoms with Crippen molar-refractivity contribution < 1.29 is 24.4 Å². The van der Waals surface area contributed by atoms with E-state index in [0.29, 0.717) is 12.0 Å². The Morgan fingerprint density at radius 1 is 1.18 bits per heavy atom. The van der Waals surface area contributed by atoms with Crippen molar-refractivity contribution in [3.05, 3.63) is 75.5 Å². The molecule has 3 aromatic rings. The molecule has 1 aromatic heterocycles. The minimum absolute atomic E-state index is 0.0514. The number of non-ortho nitro benzene ring substituents is 1. The number of rotatable bonds is 8. The van der Waals surface area contributed by atoms with Gasteiger partial charge in [0.2, 0.25) is 11.8 Å². The van der Waals surface area contributed by atoms with Crippen molar-refractivity contribution in [1.29, 1.82) is 0 Å². The van der Waals surface area contributed by atoms with Crippen molar-refractivity contribution in [3.8, 4) is 0 Å². The summed E-state index contributed by atoms with van der Waals surface area (Å²) in [7, 11) is 0. The van der Waals surface area contributed by atoms with Crippen LogP contribution in [0.4, 0.5) is 5.69 Å². The molecule has 1 aliphatic rings. The van der Waals surface area contributed by atoms with Gasteiger partial charge in [-0.2, -0.15) is 0 Å². The third-order valence-electron chi connectivity index (χ3n) is 5.96. The number of para-hydroxylation sites is 1. The molecule has 0 saturated carbocycles. The standard InChI is InChI=1S/C23H23N5O6/c24-19(29)10-9-17(23(31)32)27-22(30)18-11-15-14-3-1-2-4-16(14)25-21(15)20(26-18)12-5-7-13(8-6-12)28(33)34/h1-8,17-18,20,25-26H,9-11H2,(H2,24,29)(H,27,30)(H,31,32)/t17-,18-,20+/m0/s1. The second-order valence-corrected chi connectivity index (χ2v) is 8.17. The predicted octanol–water partition coefficient (Wildman–Crippen LogP) is 1.51. The molecular weight excluding hydrogens is 442 g/mol. The molecular formula is C23H23N5O6. The van der Waals surface area contributed by atoms with Crippen molar-refractivity contribution in [2.45, 2.75) is 37.4 Å². The Bertz CT molecular complexity index is 1270. The van der Waals surface area contributed by atoms with Crippen molar-refractivity contribution >= 4 is 34.4 Å². The number of aromatic nitrogens is 1. The molecule has 3 atom stereocenters. The fourth-order valence-corrected chi connectivity index (χ4v) is 4.27. The van der Waals surface area contributed by atoms with Gasteiger partial charge in [-0.3, -0.25) is 25.0 Å². The second kappa shape index (κ2) is 9.32. The molecule has 2 heterocycles. The highest BCUT2D eigenvalue weighted by atomic mass is 16.6. The fraction of sp³-hybridized carbons (Fsp3) is 0.261. The number of aliphatic carboxylic acids is 1. The molecule has 34 heavy (non-hydrogen) atoms. The van der Waals surface area contributed by atoms with Gasteiger partial charge in [-0.15, -0.1) is 0 Å². The summed E-state index contributed by atoms with van der Waals surface area (Å²) in [6.45, 7) is 0. The van der Waals surface area contributed by atoms with Crippen LogP contribution in [-0.4, -0.2) is 44.9 Å². The number of H-pyrrole nitrogens is 1. The van der Waals surface area contributed by atoms with E-state index in [-0.39, 0.29) is 18.5 Å². The van der Waals surface area contributed by atoms with Crippen LogP contribution in [0.5, 0.6) is 0 Å². The first-order valence-electron chi connectivity index (χ1n) is 10.7. The topological polar surface area (TPSA) is 180 Å². The Morgan fingerprint density at radius 2 is 1.88 bits per heavy atom. The maximum atomic E-state index is 13.1. The van der Waals surface area contributed by atoms with Crippen LogP contribution in [-0.2, 0) is 20.8 Å². The molecule has 0 unspecified atom stereocenters. The molecule has 1 aliphatic heterocycles. The summed E-state index contributed by atoms with van der Waals surface area (Å²) in [4.78, 5) is 49.7. The van der Waals surface area contributed by atoms with Crippen molar-refractivity contribution in [1.82, 2.24) is 15.6 Å². The van der Waals surface area contributed by atoms with E-state index in [2.05, 4.69) is 15.6 Å². The summed E-state index contributed by atoms with van der Waals surface area (Å²) >= 11 is 0. The Balaban J connectivity index is 1.66. The average molecular weight is 465 g/mol. The molecule has 11 nitrogen and oxygen atoms in total. The van der Waals surface area contributed by atoms with Gasteiger partial charge in [-0.05, 0) is 30.0 Å². The number of carboxylic acids is 1. The quantitative estimate of drug-likeness (QED) is 0.247. The lowest BCUT2D eigenvalue weighted by molar-refractivity contribution is -0.384. The minimum atomic E-state index is -1.26. The molecule has 6 N–H and O–H groups in total. The zero-order valence-corrected chi connectivity index (χ0v) is 18.0. The van der Waals surface area contributed by atoms with E-state index in [4.69, 9.17) is 5.73 Å². The number of carbonyl (C=O) groups excluding carboxylic acids is 2. The maximum absolute atomic E-state index is 13.1. The molecule has 2 amide bonds. The van der Waals surface area contributed by atoms with Crippen LogP contribution in [0.1, 0.15) is 35.7 Å². The molecule has 0 spiro atoms. The first-order chi connectivity index (χ1) is 16.2. The number of nitro benzene ring substituents is 1. The SMILES string of the molecule is NC(=O)CC[C@H](NC(=O)[C@@H]1Cc2c([nH]c3ccccc23)[C@@H](c2ccc([N+](=O)[O-])cc2)N1)C(=O)O. The lowest BCUT2D eigenvalue weighted by Gasteiger charge is -2.31. The molecule has 176 valence electrons. The van der Waals surface area contributed by atoms with Crippen molar-refractivity contribution in [2.24, 2.45) is 5.73 Å². The highest BCUT2D eigenvalue weighted by Gasteiger charge is 2.35. The number of benzene rings is 2. The number of carbonyl (C=O) groups is 3. The highest BCUT2D eigenvalue weighted by molar-refractivity contribution is 5.90. The first-order valence-corrected chi connectivity index (χ1v) is 10.7. The number of nitrogens with one attached hydrogen (secondary N) is 3. The normalized spacial score (nSPS) is 18.1. The van der Waals surface area contributed by atoms with E-state index in [1.54, 1.807) is 12.1 Å². The van der Waals surface area contributed by atoms with E-state index in [1.165, 1.54) is 12.1 Å². The third-order valence-corrected chi connectivity index (χ3v) is 5.96. The Labute approximate surface area is 193 Å². The van der Waals surface area contributed by atoms with Gasteiger partial charge in [0.1, 0.15) is 6.04 Å². The van der Waals surface area contributed by atoms with E-state index in [0.717, 1.165) is 22.2 Å². The first kappa shape index (κ1) is 22.9. The van der Waals surface area contributed by atoms with Crippen molar-refractivity contribution in [2.75, 3.05) is 0 Å². The zero-order chi connectivity index (χ0) is 24.4. The number of hydrogen-bond donors (Lipinski definition) is 5. The van der Waals surface area contributed by atoms with Gasteiger partial charge >= 0.3 is 5.97 Å². The Kier molecular flexibility index (Phi) is 6.28. The predicted molar refractivity (Wildman–Crippen MR) is 122 cm³/mol. The molecule has 0 aliphatic carbocycles. The number of hydrogen-bond acceptors (Lipinski definition) is 6. The number of nitrogens with zero attached hydrogens (tertiary/aromatic N) is 1. The number of nitro groups is 1. The van der Waals surface area contributed by atoms with E-state index in [9.17, 15) is 29.6 Å². The van der Waals surface area contributed by atoms with Gasteiger partial charge in [0.15, 0.2) is 0 Å². The number of amides is 2. The van der Waals surface area contributed by atoms with Crippen LogP contribution in [0, 0.1) is 10.1 Å². The molecule has 4 rings (SSSR count). The highest BCUT2D eigenvalue weighted by Crippen LogP contribution is 2.35. The number of nitrogens with two attached hydrogens (primary N) is 1. The van der Waals surface area contributed by atoms with Crippen molar-refractivity contribution in [3.63, 3.8) is 0 Å². The smallest absolute Gasteiger partial charge is 0.326 e. The molecule has 0 bridgehead atoms. The molecule has 0 fully saturated rings. The molecule has 0 radical (unpaired) electrons. The van der Waals surface area contributed by atoms with Crippen LogP contribution in [0.25, 0.3) is 10.9 Å². The van der Waals surface area contributed by atoms with Crippen LogP contribution in [0.3, 0.4) is 0 Å². The number of primary amides is 1. The number of aromatic amines is 1. The largest absolute Gasteiger partial charge is 0.480 e. The zero-order valence-electron chi connectivity index (χ0n) is 18.0. The maximum Gasteiger partial charge on any atom is 0.326 e. The van der Waals surface area contributed by atoms with E-state index in [1.807, 2.05) is 24.3 Å². The van der Waals surface area contributed by atoms with E-state index < -0.39 is 40.8 Å². The van der Waals surface area contributed by atoms with Crippen LogP contribution in [0.15, 0.2) is 48.5 Å². The number of carboxylic acid groups (broad SMARTS) is 1. The monoisotopic (exact) mass is 465 g/mol. The van der Waals surface area contributed by atoms with Crippen LogP contribution < -0.4 is 16.4 Å². The van der Waals surface area contributed by atoms with Crippen LogP contribution >= 0.6 is 0 Å². The third kappa shape index (κ3) is 4.59. The molecule has 11 heteroatoms. The lowest BCUT2D eigenvalue weighted by Crippen LogP contribution is -2.53. The van der Waals surface area contributed by atoms with Gasteiger partial charge in [0, 0.05) is 35.2 Å². The van der Waals surface area contributed by atoms with Crippen LogP contribution in [0.2, 0.25) is 0 Å². The summed E-state index contributed by atoms with van der Waals surface area (Å²) in [6.07, 6.45) is 0.0113. The summed E-state index contributed by atoms with van der Waals surface area (Å²) in [5.74, 6) is -2.44. The summed E-state index contributed by atoms with van der Waals surface area (Å²) < 4.78 is 0. The second-order valence-electron chi connectivity index (χ2n) is 8.17. The van der Waals surface area contributed by atoms with Gasteiger partial charge in [0.05, 0.1) is 17.0 Å². The molecule has 0 saturated heterocycles. The fourth-order valence-electron chi connectivity index (χ4n) is 4.27. The van der Waals surface area contributed by atoms with Gasteiger partial charge in [-0.1, -0.05) is 30.3 Å². The van der Waals surface area contributed by atoms with Gasteiger partial charge in [0.25, 0.3) is 5.69 Å². The summed E-state index contributed by atoms with van der Waals surface area (Å²) in [5.41, 5.74) is 8.40. The lowest BCUT2D eigenvalue weighted by atomic mass is 9.89. The van der Waals surface area contributed by atoms with E-state index >= 15 is 0 Å². The summed E-state index contributed by atoms with van der Waals surface area (Å²) in [5, 5.41) is 27.2. The Morgan fingerprint density at radius 3 is 2.53 bits per heavy atom. The Hall–Kier alpha value is -4.25.